The highest BCUT2D eigenvalue weighted by Crippen LogP contribution is 2.38. The molecule has 0 radical (unpaired) electrons. The molecule has 164 valence electrons. The van der Waals surface area contributed by atoms with Crippen molar-refractivity contribution in [1.82, 2.24) is 4.98 Å². The van der Waals surface area contributed by atoms with Gasteiger partial charge in [-0.3, -0.25) is 4.79 Å². The standard InChI is InChI=1S/C25H25N3O4/c1-25(2,3)17-8-10-18(11-9-17)27-23(29)19-5-4-6-20-22(19)32-14-13-28(20)21-12-7-16(15-26-21)24(30)31/h4-12,15H,13-14H2,1-3H3,(H,27,29)(H,30,31). The number of amides is 1. The Kier molecular flexibility index (Phi) is 5.57. The number of benzene rings is 2. The smallest absolute Gasteiger partial charge is 0.337 e. The molecule has 0 atom stereocenters. The van der Waals surface area contributed by atoms with E-state index in [9.17, 15) is 9.59 Å². The molecular weight excluding hydrogens is 406 g/mol. The van der Waals surface area contributed by atoms with E-state index >= 15 is 0 Å². The van der Waals surface area contributed by atoms with Crippen molar-refractivity contribution in [2.24, 2.45) is 0 Å². The zero-order chi connectivity index (χ0) is 22.9. The van der Waals surface area contributed by atoms with Gasteiger partial charge in [-0.05, 0) is 47.4 Å². The molecule has 1 aromatic heterocycles. The van der Waals surface area contributed by atoms with Crippen LogP contribution in [0.2, 0.25) is 0 Å². The van der Waals surface area contributed by atoms with Gasteiger partial charge in [0.05, 0.1) is 23.4 Å². The van der Waals surface area contributed by atoms with Crippen molar-refractivity contribution in [2.75, 3.05) is 23.4 Å². The van der Waals surface area contributed by atoms with Crippen LogP contribution in [0.15, 0.2) is 60.8 Å². The Labute approximate surface area is 186 Å². The van der Waals surface area contributed by atoms with Gasteiger partial charge in [0, 0.05) is 11.9 Å². The van der Waals surface area contributed by atoms with E-state index in [1.807, 2.05) is 35.2 Å². The number of nitrogens with one attached hydrogen (secondary N) is 1. The van der Waals surface area contributed by atoms with Crippen molar-refractivity contribution < 1.29 is 19.4 Å². The number of nitrogens with zero attached hydrogens (tertiary/aromatic N) is 2. The van der Waals surface area contributed by atoms with E-state index in [0.29, 0.717) is 41.7 Å². The molecule has 7 heteroatoms. The Hall–Kier alpha value is -3.87. The minimum atomic E-state index is -1.03. The van der Waals surface area contributed by atoms with Crippen LogP contribution in [0.3, 0.4) is 0 Å². The predicted molar refractivity (Wildman–Crippen MR) is 123 cm³/mol. The number of carboxylic acids is 1. The number of ether oxygens (including phenoxy) is 1. The number of anilines is 3. The van der Waals surface area contributed by atoms with Crippen LogP contribution in [0, 0.1) is 0 Å². The monoisotopic (exact) mass is 431 g/mol. The van der Waals surface area contributed by atoms with Crippen molar-refractivity contribution >= 4 is 29.1 Å². The van der Waals surface area contributed by atoms with E-state index in [1.165, 1.54) is 17.8 Å². The second-order valence-corrected chi connectivity index (χ2v) is 8.65. The topological polar surface area (TPSA) is 91.8 Å². The SMILES string of the molecule is CC(C)(C)c1ccc(NC(=O)c2cccc3c2OCCN3c2ccc(C(=O)O)cn2)cc1. The Balaban J connectivity index is 1.59. The molecule has 4 rings (SSSR count). The van der Waals surface area contributed by atoms with E-state index in [0.717, 1.165) is 0 Å². The third-order valence-corrected chi connectivity index (χ3v) is 5.37. The van der Waals surface area contributed by atoms with Crippen LogP contribution in [0.25, 0.3) is 0 Å². The lowest BCUT2D eigenvalue weighted by Crippen LogP contribution is -2.30. The van der Waals surface area contributed by atoms with Crippen molar-refractivity contribution in [1.29, 1.82) is 0 Å². The Morgan fingerprint density at radius 3 is 2.44 bits per heavy atom. The average Bonchev–Trinajstić information content (AvgIpc) is 2.78. The van der Waals surface area contributed by atoms with Crippen molar-refractivity contribution in [2.45, 2.75) is 26.2 Å². The fraction of sp³-hybridized carbons (Fsp3) is 0.240. The summed E-state index contributed by atoms with van der Waals surface area (Å²) in [4.78, 5) is 30.3. The van der Waals surface area contributed by atoms with Gasteiger partial charge < -0.3 is 20.1 Å². The summed E-state index contributed by atoms with van der Waals surface area (Å²) in [6.45, 7) is 7.34. The normalized spacial score (nSPS) is 13.2. The molecule has 32 heavy (non-hydrogen) atoms. The maximum atomic E-state index is 13.0. The Morgan fingerprint density at radius 1 is 1.06 bits per heavy atom. The molecule has 0 aliphatic carbocycles. The summed E-state index contributed by atoms with van der Waals surface area (Å²) in [6, 6.07) is 16.4. The Bertz CT molecular complexity index is 1150. The van der Waals surface area contributed by atoms with E-state index in [1.54, 1.807) is 18.2 Å². The summed E-state index contributed by atoms with van der Waals surface area (Å²) in [5.41, 5.74) is 3.19. The second-order valence-electron chi connectivity index (χ2n) is 8.65. The first-order chi connectivity index (χ1) is 15.2. The quantitative estimate of drug-likeness (QED) is 0.613. The molecule has 3 aromatic rings. The molecule has 0 fully saturated rings. The number of aromatic carboxylic acids is 1. The molecule has 0 spiro atoms. The maximum Gasteiger partial charge on any atom is 0.337 e. The summed E-state index contributed by atoms with van der Waals surface area (Å²) in [5, 5.41) is 12.0. The molecular formula is C25H25N3O4. The zero-order valence-electron chi connectivity index (χ0n) is 18.3. The number of rotatable bonds is 4. The molecule has 0 bridgehead atoms. The zero-order valence-corrected chi connectivity index (χ0v) is 18.3. The van der Waals surface area contributed by atoms with Crippen molar-refractivity contribution in [3.05, 3.63) is 77.5 Å². The third kappa shape index (κ3) is 4.27. The molecule has 2 heterocycles. The first-order valence-corrected chi connectivity index (χ1v) is 10.4. The largest absolute Gasteiger partial charge is 0.489 e. The first-order valence-electron chi connectivity index (χ1n) is 10.4. The highest BCUT2D eigenvalue weighted by molar-refractivity contribution is 6.07. The number of hydrogen-bond donors (Lipinski definition) is 2. The molecule has 2 N–H and O–H groups in total. The molecule has 1 amide bonds. The molecule has 0 saturated heterocycles. The van der Waals surface area contributed by atoms with Crippen LogP contribution in [-0.4, -0.2) is 35.1 Å². The number of pyridine rings is 1. The number of hydrogen-bond acceptors (Lipinski definition) is 5. The van der Waals surface area contributed by atoms with Gasteiger partial charge in [0.2, 0.25) is 0 Å². The molecule has 7 nitrogen and oxygen atoms in total. The van der Waals surface area contributed by atoms with Gasteiger partial charge in [-0.25, -0.2) is 9.78 Å². The summed E-state index contributed by atoms with van der Waals surface area (Å²) in [6.07, 6.45) is 1.32. The van der Waals surface area contributed by atoms with Crippen LogP contribution >= 0.6 is 0 Å². The van der Waals surface area contributed by atoms with Crippen LogP contribution in [0.4, 0.5) is 17.2 Å². The van der Waals surface area contributed by atoms with E-state index in [4.69, 9.17) is 9.84 Å². The summed E-state index contributed by atoms with van der Waals surface area (Å²) >= 11 is 0. The summed E-state index contributed by atoms with van der Waals surface area (Å²) in [5.74, 6) is -0.219. The summed E-state index contributed by atoms with van der Waals surface area (Å²) in [7, 11) is 0. The van der Waals surface area contributed by atoms with Gasteiger partial charge in [-0.15, -0.1) is 0 Å². The maximum absolute atomic E-state index is 13.0. The fourth-order valence-corrected chi connectivity index (χ4v) is 3.59. The van der Waals surface area contributed by atoms with Crippen LogP contribution in [-0.2, 0) is 5.41 Å². The molecule has 2 aromatic carbocycles. The number of carbonyl (C=O) groups is 2. The van der Waals surface area contributed by atoms with Gasteiger partial charge in [0.15, 0.2) is 5.75 Å². The van der Waals surface area contributed by atoms with Crippen molar-refractivity contribution in [3.8, 4) is 5.75 Å². The van der Waals surface area contributed by atoms with Gasteiger partial charge in [-0.2, -0.15) is 0 Å². The lowest BCUT2D eigenvalue weighted by Gasteiger charge is -2.31. The summed E-state index contributed by atoms with van der Waals surface area (Å²) < 4.78 is 5.87. The Morgan fingerprint density at radius 2 is 1.81 bits per heavy atom. The number of carbonyl (C=O) groups excluding carboxylic acids is 1. The average molecular weight is 431 g/mol. The van der Waals surface area contributed by atoms with Gasteiger partial charge >= 0.3 is 5.97 Å². The lowest BCUT2D eigenvalue weighted by atomic mass is 9.87. The number of aromatic nitrogens is 1. The molecule has 0 saturated carbocycles. The number of carboxylic acid groups (broad SMARTS) is 1. The third-order valence-electron chi connectivity index (χ3n) is 5.37. The van der Waals surface area contributed by atoms with Crippen LogP contribution in [0.5, 0.6) is 5.75 Å². The van der Waals surface area contributed by atoms with Gasteiger partial charge in [0.1, 0.15) is 12.4 Å². The van der Waals surface area contributed by atoms with Crippen molar-refractivity contribution in [3.63, 3.8) is 0 Å². The van der Waals surface area contributed by atoms with Crippen LogP contribution < -0.4 is 15.0 Å². The minimum Gasteiger partial charge on any atom is -0.489 e. The van der Waals surface area contributed by atoms with E-state index in [-0.39, 0.29) is 16.9 Å². The van der Waals surface area contributed by atoms with E-state index < -0.39 is 5.97 Å². The predicted octanol–water partition coefficient (Wildman–Crippen LogP) is 4.86. The minimum absolute atomic E-state index is 0.0368. The van der Waals surface area contributed by atoms with E-state index in [2.05, 4.69) is 31.1 Å². The van der Waals surface area contributed by atoms with Crippen LogP contribution in [0.1, 0.15) is 47.1 Å². The highest BCUT2D eigenvalue weighted by atomic mass is 16.5. The second kappa shape index (κ2) is 8.34. The number of fused-ring (bicyclic) bond motifs is 1. The number of para-hydroxylation sites is 1. The lowest BCUT2D eigenvalue weighted by molar-refractivity contribution is 0.0696. The molecule has 1 aliphatic rings. The molecule has 1 aliphatic heterocycles. The van der Waals surface area contributed by atoms with Gasteiger partial charge in [0.25, 0.3) is 5.91 Å². The van der Waals surface area contributed by atoms with Gasteiger partial charge in [-0.1, -0.05) is 39.0 Å². The first kappa shape index (κ1) is 21.4. The fourth-order valence-electron chi connectivity index (χ4n) is 3.59. The highest BCUT2D eigenvalue weighted by Gasteiger charge is 2.26. The molecule has 0 unspecified atom stereocenters.